The Morgan fingerprint density at radius 1 is 1.60 bits per heavy atom. The molecule has 0 aromatic rings. The highest BCUT2D eigenvalue weighted by Gasteiger charge is 2.30. The van der Waals surface area contributed by atoms with Crippen LogP contribution in [0.1, 0.15) is 20.8 Å². The van der Waals surface area contributed by atoms with Crippen molar-refractivity contribution in [2.24, 2.45) is 5.41 Å². The first-order valence-electron chi connectivity index (χ1n) is 3.43. The summed E-state index contributed by atoms with van der Waals surface area (Å²) in [6, 6.07) is 0.375. The van der Waals surface area contributed by atoms with Crippen LogP contribution in [0.4, 0.5) is 0 Å². The summed E-state index contributed by atoms with van der Waals surface area (Å²) in [6.45, 7) is 7.22. The largest absolute Gasteiger partial charge is 0.469 e. The second-order valence-corrected chi connectivity index (χ2v) is 4.03. The topological polar surface area (TPSA) is 21.3 Å². The molecule has 2 nitrogen and oxygen atoms in total. The summed E-state index contributed by atoms with van der Waals surface area (Å²) in [6.07, 6.45) is 0. The fourth-order valence-electron chi connectivity index (χ4n) is 0.851. The summed E-state index contributed by atoms with van der Waals surface area (Å²) in [5, 5.41) is 3.64. The summed E-state index contributed by atoms with van der Waals surface area (Å²) >= 11 is 4.83. The van der Waals surface area contributed by atoms with Crippen LogP contribution in [0.3, 0.4) is 0 Å². The molecule has 1 aliphatic rings. The highest BCUT2D eigenvalue weighted by atomic mass is 32.1. The number of nitrogens with one attached hydrogen (secondary N) is 1. The van der Waals surface area contributed by atoms with E-state index in [4.69, 9.17) is 17.0 Å². The van der Waals surface area contributed by atoms with Gasteiger partial charge in [-0.15, -0.1) is 0 Å². The maximum absolute atomic E-state index is 5.11. The van der Waals surface area contributed by atoms with E-state index >= 15 is 0 Å². The Hall–Kier alpha value is -0.310. The van der Waals surface area contributed by atoms with E-state index in [9.17, 15) is 0 Å². The van der Waals surface area contributed by atoms with E-state index in [1.54, 1.807) is 0 Å². The Labute approximate surface area is 66.9 Å². The molecule has 0 aromatic heterocycles. The lowest BCUT2D eigenvalue weighted by Gasteiger charge is -2.24. The molecule has 10 heavy (non-hydrogen) atoms. The van der Waals surface area contributed by atoms with Crippen LogP contribution in [0, 0.1) is 5.41 Å². The molecule has 58 valence electrons. The van der Waals surface area contributed by atoms with Crippen molar-refractivity contribution in [3.05, 3.63) is 0 Å². The molecule has 1 aliphatic heterocycles. The van der Waals surface area contributed by atoms with Crippen molar-refractivity contribution in [2.75, 3.05) is 6.61 Å². The van der Waals surface area contributed by atoms with Crippen LogP contribution in [0.15, 0.2) is 0 Å². The summed E-state index contributed by atoms with van der Waals surface area (Å²) in [4.78, 5) is 0. The molecule has 0 radical (unpaired) electrons. The predicted octanol–water partition coefficient (Wildman–Crippen LogP) is 1.31. The van der Waals surface area contributed by atoms with E-state index in [0.717, 1.165) is 0 Å². The Morgan fingerprint density at radius 3 is 2.40 bits per heavy atom. The molecule has 0 unspecified atom stereocenters. The molecule has 1 atom stereocenters. The van der Waals surface area contributed by atoms with Gasteiger partial charge in [-0.05, 0) is 17.6 Å². The van der Waals surface area contributed by atoms with Gasteiger partial charge in [0.2, 0.25) is 0 Å². The van der Waals surface area contributed by atoms with Gasteiger partial charge in [0.25, 0.3) is 5.17 Å². The number of ether oxygens (including phenoxy) is 1. The van der Waals surface area contributed by atoms with Crippen LogP contribution in [0.5, 0.6) is 0 Å². The van der Waals surface area contributed by atoms with Crippen LogP contribution in [0.2, 0.25) is 0 Å². The Bertz CT molecular complexity index is 150. The first kappa shape index (κ1) is 7.79. The van der Waals surface area contributed by atoms with Crippen molar-refractivity contribution >= 4 is 17.4 Å². The first-order chi connectivity index (χ1) is 4.50. The summed E-state index contributed by atoms with van der Waals surface area (Å²) in [5.41, 5.74) is 0.237. The highest BCUT2D eigenvalue weighted by Crippen LogP contribution is 2.22. The molecule has 0 amide bonds. The van der Waals surface area contributed by atoms with Crippen LogP contribution >= 0.6 is 12.2 Å². The number of hydrogen-bond acceptors (Lipinski definition) is 2. The smallest absolute Gasteiger partial charge is 0.257 e. The minimum absolute atomic E-state index is 0.237. The zero-order chi connectivity index (χ0) is 7.78. The molecule has 1 N–H and O–H groups in total. The van der Waals surface area contributed by atoms with Gasteiger partial charge in [0.1, 0.15) is 6.61 Å². The molecule has 1 fully saturated rings. The predicted molar refractivity (Wildman–Crippen MR) is 44.9 cm³/mol. The Kier molecular flexibility index (Phi) is 1.86. The zero-order valence-electron chi connectivity index (χ0n) is 6.60. The average molecular weight is 159 g/mol. The van der Waals surface area contributed by atoms with Gasteiger partial charge < -0.3 is 10.1 Å². The van der Waals surface area contributed by atoms with E-state index in [-0.39, 0.29) is 5.41 Å². The van der Waals surface area contributed by atoms with Crippen molar-refractivity contribution in [1.29, 1.82) is 0 Å². The van der Waals surface area contributed by atoms with E-state index < -0.39 is 0 Å². The van der Waals surface area contributed by atoms with Gasteiger partial charge in [0.05, 0.1) is 6.04 Å². The molecule has 0 aliphatic carbocycles. The lowest BCUT2D eigenvalue weighted by atomic mass is 9.88. The summed E-state index contributed by atoms with van der Waals surface area (Å²) < 4.78 is 5.11. The summed E-state index contributed by atoms with van der Waals surface area (Å²) in [5.74, 6) is 0. The van der Waals surface area contributed by atoms with Gasteiger partial charge in [-0.1, -0.05) is 20.8 Å². The van der Waals surface area contributed by atoms with Gasteiger partial charge in [-0.3, -0.25) is 0 Å². The molecule has 1 rings (SSSR count). The quantitative estimate of drug-likeness (QED) is 0.538. The zero-order valence-corrected chi connectivity index (χ0v) is 7.42. The lowest BCUT2D eigenvalue weighted by molar-refractivity contribution is 0.241. The van der Waals surface area contributed by atoms with E-state index in [2.05, 4.69) is 26.1 Å². The molecule has 0 spiro atoms. The van der Waals surface area contributed by atoms with Gasteiger partial charge in [0.15, 0.2) is 0 Å². The van der Waals surface area contributed by atoms with Crippen LogP contribution < -0.4 is 5.32 Å². The first-order valence-corrected chi connectivity index (χ1v) is 3.84. The van der Waals surface area contributed by atoms with Crippen molar-refractivity contribution in [1.82, 2.24) is 5.32 Å². The minimum Gasteiger partial charge on any atom is -0.469 e. The van der Waals surface area contributed by atoms with Crippen molar-refractivity contribution in [3.63, 3.8) is 0 Å². The molecular weight excluding hydrogens is 146 g/mol. The fraction of sp³-hybridized carbons (Fsp3) is 0.857. The van der Waals surface area contributed by atoms with Gasteiger partial charge >= 0.3 is 0 Å². The molecule has 0 aromatic carbocycles. The molecule has 1 saturated heterocycles. The fourth-order valence-corrected chi connectivity index (χ4v) is 1.06. The normalized spacial score (nSPS) is 25.9. The standard InChI is InChI=1S/C7H13NOS/c1-7(2,3)5-4-9-6(10)8-5/h5H,4H2,1-3H3,(H,8,10)/t5-/m1/s1. The molecular formula is C7H13NOS. The van der Waals surface area contributed by atoms with Crippen molar-refractivity contribution in [2.45, 2.75) is 26.8 Å². The van der Waals surface area contributed by atoms with E-state index in [0.29, 0.717) is 17.8 Å². The van der Waals surface area contributed by atoms with E-state index in [1.165, 1.54) is 0 Å². The SMILES string of the molecule is CC(C)(C)[C@H]1COC(=S)N1. The third kappa shape index (κ3) is 1.59. The number of thiocarbonyl (C=S) groups is 1. The third-order valence-electron chi connectivity index (χ3n) is 1.72. The monoisotopic (exact) mass is 159 g/mol. The van der Waals surface area contributed by atoms with E-state index in [1.807, 2.05) is 0 Å². The van der Waals surface area contributed by atoms with Gasteiger partial charge in [0, 0.05) is 0 Å². The summed E-state index contributed by atoms with van der Waals surface area (Å²) in [7, 11) is 0. The molecule has 0 saturated carbocycles. The second kappa shape index (κ2) is 2.38. The number of hydrogen-bond donors (Lipinski definition) is 1. The van der Waals surface area contributed by atoms with Crippen LogP contribution in [0.25, 0.3) is 0 Å². The van der Waals surface area contributed by atoms with Gasteiger partial charge in [-0.2, -0.15) is 0 Å². The third-order valence-corrected chi connectivity index (χ3v) is 1.95. The van der Waals surface area contributed by atoms with Crippen molar-refractivity contribution < 1.29 is 4.74 Å². The molecule has 1 heterocycles. The Balaban J connectivity index is 2.53. The van der Waals surface area contributed by atoms with Crippen molar-refractivity contribution in [3.8, 4) is 0 Å². The molecule has 3 heteroatoms. The average Bonchev–Trinajstić information content (AvgIpc) is 2.11. The highest BCUT2D eigenvalue weighted by molar-refractivity contribution is 7.80. The maximum Gasteiger partial charge on any atom is 0.257 e. The Morgan fingerprint density at radius 2 is 2.20 bits per heavy atom. The van der Waals surface area contributed by atoms with Crippen LogP contribution in [-0.4, -0.2) is 17.8 Å². The van der Waals surface area contributed by atoms with Gasteiger partial charge in [-0.25, -0.2) is 0 Å². The van der Waals surface area contributed by atoms with Crippen LogP contribution in [-0.2, 0) is 4.74 Å². The lowest BCUT2D eigenvalue weighted by Crippen LogP contribution is -2.38. The second-order valence-electron chi connectivity index (χ2n) is 3.66. The minimum atomic E-state index is 0.237. The number of rotatable bonds is 0. The molecule has 0 bridgehead atoms. The maximum atomic E-state index is 5.11.